The Kier molecular flexibility index (Phi) is 5.44. The Balaban J connectivity index is 2.39. The first-order valence-corrected chi connectivity index (χ1v) is 6.40. The molecule has 0 aromatic rings. The third kappa shape index (κ3) is 4.84. The third-order valence-corrected chi connectivity index (χ3v) is 3.41. The molecule has 0 aromatic carbocycles. The molecule has 0 bridgehead atoms. The number of nitrogens with one attached hydrogen (secondary N) is 1. The van der Waals surface area contributed by atoms with Crippen molar-refractivity contribution in [1.29, 1.82) is 0 Å². The Hall–Kier alpha value is -0.780. The number of halogens is 3. The molecule has 3 nitrogen and oxygen atoms in total. The van der Waals surface area contributed by atoms with Gasteiger partial charge in [-0.2, -0.15) is 13.2 Å². The van der Waals surface area contributed by atoms with Crippen molar-refractivity contribution in [2.45, 2.75) is 51.2 Å². The number of alkyl halides is 3. The van der Waals surface area contributed by atoms with Crippen molar-refractivity contribution in [3.05, 3.63) is 0 Å². The molecule has 106 valence electrons. The number of hydrogen-bond acceptors (Lipinski definition) is 2. The van der Waals surface area contributed by atoms with E-state index >= 15 is 0 Å². The van der Waals surface area contributed by atoms with Crippen molar-refractivity contribution in [2.24, 2.45) is 17.6 Å². The first-order chi connectivity index (χ1) is 8.30. The van der Waals surface area contributed by atoms with Gasteiger partial charge < -0.3 is 11.1 Å². The summed E-state index contributed by atoms with van der Waals surface area (Å²) < 4.78 is 37.8. The van der Waals surface area contributed by atoms with Crippen LogP contribution >= 0.6 is 0 Å². The molecule has 1 amide bonds. The molecule has 1 aliphatic carbocycles. The molecule has 1 saturated carbocycles. The maximum atomic E-state index is 12.6. The summed E-state index contributed by atoms with van der Waals surface area (Å²) >= 11 is 0. The molecular formula is C12H21F3N2O. The van der Waals surface area contributed by atoms with E-state index in [9.17, 15) is 18.0 Å². The zero-order chi connectivity index (χ0) is 13.8. The fourth-order valence-electron chi connectivity index (χ4n) is 2.29. The summed E-state index contributed by atoms with van der Waals surface area (Å²) in [7, 11) is 0. The van der Waals surface area contributed by atoms with Gasteiger partial charge in [-0.25, -0.2) is 0 Å². The van der Waals surface area contributed by atoms with Gasteiger partial charge in [0, 0.05) is 18.5 Å². The Morgan fingerprint density at radius 1 is 1.44 bits per heavy atom. The van der Waals surface area contributed by atoms with Gasteiger partial charge in [0.25, 0.3) is 0 Å². The van der Waals surface area contributed by atoms with Gasteiger partial charge in [-0.3, -0.25) is 4.79 Å². The van der Waals surface area contributed by atoms with E-state index in [4.69, 9.17) is 5.73 Å². The van der Waals surface area contributed by atoms with Crippen LogP contribution in [-0.4, -0.2) is 24.7 Å². The van der Waals surface area contributed by atoms with Crippen LogP contribution in [0.25, 0.3) is 0 Å². The molecule has 3 unspecified atom stereocenters. The highest BCUT2D eigenvalue weighted by atomic mass is 19.4. The largest absolute Gasteiger partial charge is 0.391 e. The van der Waals surface area contributed by atoms with Crippen LogP contribution in [0.15, 0.2) is 0 Å². The van der Waals surface area contributed by atoms with Crippen molar-refractivity contribution in [2.75, 3.05) is 6.54 Å². The molecule has 0 aliphatic heterocycles. The highest BCUT2D eigenvalue weighted by Gasteiger charge is 2.43. The maximum Gasteiger partial charge on any atom is 0.391 e. The molecule has 18 heavy (non-hydrogen) atoms. The van der Waals surface area contributed by atoms with Crippen LogP contribution in [-0.2, 0) is 4.79 Å². The lowest BCUT2D eigenvalue weighted by Crippen LogP contribution is -2.38. The highest BCUT2D eigenvalue weighted by Crippen LogP contribution is 2.39. The summed E-state index contributed by atoms with van der Waals surface area (Å²) in [6.45, 7) is 2.26. The van der Waals surface area contributed by atoms with Crippen molar-refractivity contribution >= 4 is 5.91 Å². The van der Waals surface area contributed by atoms with E-state index in [1.165, 1.54) is 0 Å². The molecular weight excluding hydrogens is 245 g/mol. The van der Waals surface area contributed by atoms with E-state index in [0.29, 0.717) is 25.8 Å². The van der Waals surface area contributed by atoms with Gasteiger partial charge >= 0.3 is 6.18 Å². The number of carbonyl (C=O) groups excluding carboxylic acids is 1. The molecule has 0 heterocycles. The van der Waals surface area contributed by atoms with Crippen molar-refractivity contribution in [3.63, 3.8) is 0 Å². The fourth-order valence-corrected chi connectivity index (χ4v) is 2.29. The molecule has 0 spiro atoms. The monoisotopic (exact) mass is 266 g/mol. The first-order valence-electron chi connectivity index (χ1n) is 6.40. The zero-order valence-corrected chi connectivity index (χ0v) is 10.6. The molecule has 6 heteroatoms. The first kappa shape index (κ1) is 15.3. The molecule has 1 fully saturated rings. The number of rotatable bonds is 4. The normalized spacial score (nSPS) is 26.7. The van der Waals surface area contributed by atoms with Gasteiger partial charge in [0.05, 0.1) is 5.92 Å². The molecule has 1 rings (SSSR count). The van der Waals surface area contributed by atoms with E-state index < -0.39 is 18.0 Å². The van der Waals surface area contributed by atoms with Crippen LogP contribution < -0.4 is 11.1 Å². The number of carbonyl (C=O) groups is 1. The van der Waals surface area contributed by atoms with Crippen LogP contribution in [0.2, 0.25) is 0 Å². The summed E-state index contributed by atoms with van der Waals surface area (Å²) in [5.41, 5.74) is 5.54. The van der Waals surface area contributed by atoms with Crippen molar-refractivity contribution in [3.8, 4) is 0 Å². The van der Waals surface area contributed by atoms with Gasteiger partial charge in [0.15, 0.2) is 0 Å². The highest BCUT2D eigenvalue weighted by molar-refractivity contribution is 5.78. The molecule has 3 atom stereocenters. The molecule has 3 N–H and O–H groups in total. The molecule has 0 radical (unpaired) electrons. The van der Waals surface area contributed by atoms with E-state index in [-0.39, 0.29) is 24.8 Å². The Labute approximate surface area is 105 Å². The minimum atomic E-state index is -4.18. The van der Waals surface area contributed by atoms with Crippen LogP contribution in [0.3, 0.4) is 0 Å². The minimum absolute atomic E-state index is 0.0143. The lowest BCUT2D eigenvalue weighted by molar-refractivity contribution is -0.186. The SMILES string of the molecule is CC(N)CCNC(=O)C1CCCC(C(F)(F)F)C1. The van der Waals surface area contributed by atoms with Crippen molar-refractivity contribution in [1.82, 2.24) is 5.32 Å². The summed E-state index contributed by atoms with van der Waals surface area (Å²) in [6, 6.07) is -0.0143. The predicted octanol–water partition coefficient (Wildman–Crippen LogP) is 2.21. The summed E-state index contributed by atoms with van der Waals surface area (Å²) in [4.78, 5) is 11.7. The van der Waals surface area contributed by atoms with Crippen LogP contribution in [0.1, 0.15) is 39.0 Å². The molecule has 0 saturated heterocycles. The van der Waals surface area contributed by atoms with Gasteiger partial charge in [0.2, 0.25) is 5.91 Å². The van der Waals surface area contributed by atoms with Crippen LogP contribution in [0.5, 0.6) is 0 Å². The van der Waals surface area contributed by atoms with E-state index in [0.717, 1.165) is 0 Å². The van der Waals surface area contributed by atoms with E-state index in [1.807, 2.05) is 6.92 Å². The lowest BCUT2D eigenvalue weighted by atomic mass is 9.80. The number of nitrogens with two attached hydrogens (primary N) is 1. The molecule has 1 aliphatic rings. The topological polar surface area (TPSA) is 55.1 Å². The zero-order valence-electron chi connectivity index (χ0n) is 10.6. The molecule has 0 aromatic heterocycles. The van der Waals surface area contributed by atoms with Crippen LogP contribution in [0, 0.1) is 11.8 Å². The quantitative estimate of drug-likeness (QED) is 0.819. The second kappa shape index (κ2) is 6.41. The fraction of sp³-hybridized carbons (Fsp3) is 0.917. The van der Waals surface area contributed by atoms with Crippen LogP contribution in [0.4, 0.5) is 13.2 Å². The standard InChI is InChI=1S/C12H21F3N2O/c1-8(16)5-6-17-11(18)9-3-2-4-10(7-9)12(13,14)15/h8-10H,2-7,16H2,1H3,(H,17,18). The minimum Gasteiger partial charge on any atom is -0.356 e. The summed E-state index contributed by atoms with van der Waals surface area (Å²) in [5.74, 6) is -2.08. The second-order valence-corrected chi connectivity index (χ2v) is 5.16. The smallest absolute Gasteiger partial charge is 0.356 e. The summed E-state index contributed by atoms with van der Waals surface area (Å²) in [5, 5.41) is 2.67. The van der Waals surface area contributed by atoms with Crippen molar-refractivity contribution < 1.29 is 18.0 Å². The predicted molar refractivity (Wildman–Crippen MR) is 62.8 cm³/mol. The second-order valence-electron chi connectivity index (χ2n) is 5.16. The number of hydrogen-bond donors (Lipinski definition) is 2. The van der Waals surface area contributed by atoms with Gasteiger partial charge in [-0.15, -0.1) is 0 Å². The van der Waals surface area contributed by atoms with Gasteiger partial charge in [0.1, 0.15) is 0 Å². The Morgan fingerprint density at radius 3 is 2.67 bits per heavy atom. The lowest BCUT2D eigenvalue weighted by Gasteiger charge is -2.29. The Bertz CT molecular complexity index is 279. The summed E-state index contributed by atoms with van der Waals surface area (Å²) in [6.07, 6.45) is -2.45. The average molecular weight is 266 g/mol. The average Bonchev–Trinajstić information content (AvgIpc) is 2.27. The van der Waals surface area contributed by atoms with Gasteiger partial charge in [-0.05, 0) is 32.6 Å². The van der Waals surface area contributed by atoms with E-state index in [1.54, 1.807) is 0 Å². The van der Waals surface area contributed by atoms with Gasteiger partial charge in [-0.1, -0.05) is 6.42 Å². The number of amides is 1. The Morgan fingerprint density at radius 2 is 2.11 bits per heavy atom. The third-order valence-electron chi connectivity index (χ3n) is 3.41. The maximum absolute atomic E-state index is 12.6. The van der Waals surface area contributed by atoms with E-state index in [2.05, 4.69) is 5.32 Å².